The van der Waals surface area contributed by atoms with Crippen LogP contribution in [0.3, 0.4) is 0 Å². The van der Waals surface area contributed by atoms with Gasteiger partial charge in [0.25, 0.3) is 0 Å². The van der Waals surface area contributed by atoms with Gasteiger partial charge in [0.2, 0.25) is 5.91 Å². The number of carbonyl (C=O) groups excluding carboxylic acids is 2. The SMILES string of the molecule is CCOCC(CCNC(=O)C(O)C(C)(C)CO)C(C)=O. The van der Waals surface area contributed by atoms with Gasteiger partial charge in [-0.05, 0) is 20.3 Å². The van der Waals surface area contributed by atoms with E-state index in [-0.39, 0.29) is 24.9 Å². The maximum absolute atomic E-state index is 11.7. The second-order valence-corrected chi connectivity index (χ2v) is 5.60. The molecule has 0 aliphatic rings. The summed E-state index contributed by atoms with van der Waals surface area (Å²) in [6, 6.07) is 0. The van der Waals surface area contributed by atoms with E-state index in [0.717, 1.165) is 0 Å². The van der Waals surface area contributed by atoms with E-state index in [1.54, 1.807) is 13.8 Å². The molecule has 1 amide bonds. The van der Waals surface area contributed by atoms with E-state index in [4.69, 9.17) is 9.84 Å². The Bertz CT molecular complexity index is 317. The lowest BCUT2D eigenvalue weighted by Gasteiger charge is -2.27. The fraction of sp³-hybridized carbons (Fsp3) is 0.857. The third-order valence-electron chi connectivity index (χ3n) is 3.29. The van der Waals surface area contributed by atoms with Crippen molar-refractivity contribution in [3.63, 3.8) is 0 Å². The zero-order valence-electron chi connectivity index (χ0n) is 12.8. The molecule has 20 heavy (non-hydrogen) atoms. The number of carbonyl (C=O) groups is 2. The van der Waals surface area contributed by atoms with E-state index in [0.29, 0.717) is 19.6 Å². The van der Waals surface area contributed by atoms with Crippen LogP contribution in [-0.4, -0.2) is 54.4 Å². The lowest BCUT2D eigenvalue weighted by atomic mass is 9.87. The van der Waals surface area contributed by atoms with Crippen molar-refractivity contribution in [2.24, 2.45) is 11.3 Å². The van der Waals surface area contributed by atoms with Crippen molar-refractivity contribution in [1.82, 2.24) is 5.32 Å². The Kier molecular flexibility index (Phi) is 8.60. The van der Waals surface area contributed by atoms with Crippen LogP contribution in [0.5, 0.6) is 0 Å². The van der Waals surface area contributed by atoms with Crippen molar-refractivity contribution in [1.29, 1.82) is 0 Å². The molecular weight excluding hydrogens is 262 g/mol. The number of nitrogens with one attached hydrogen (secondary N) is 1. The molecule has 0 saturated carbocycles. The van der Waals surface area contributed by atoms with E-state index in [2.05, 4.69) is 5.32 Å². The van der Waals surface area contributed by atoms with Gasteiger partial charge in [-0.3, -0.25) is 9.59 Å². The summed E-state index contributed by atoms with van der Waals surface area (Å²) in [5.41, 5.74) is -0.893. The average molecular weight is 289 g/mol. The Morgan fingerprint density at radius 1 is 1.35 bits per heavy atom. The molecule has 0 spiro atoms. The molecule has 0 aliphatic heterocycles. The Morgan fingerprint density at radius 3 is 2.40 bits per heavy atom. The number of amides is 1. The quantitative estimate of drug-likeness (QED) is 0.530. The monoisotopic (exact) mass is 289 g/mol. The van der Waals surface area contributed by atoms with Gasteiger partial charge in [-0.2, -0.15) is 0 Å². The van der Waals surface area contributed by atoms with Gasteiger partial charge in [-0.15, -0.1) is 0 Å². The summed E-state index contributed by atoms with van der Waals surface area (Å²) in [4.78, 5) is 23.1. The van der Waals surface area contributed by atoms with Crippen LogP contribution in [0.2, 0.25) is 0 Å². The molecule has 0 fully saturated rings. The number of aliphatic hydroxyl groups excluding tert-OH is 2. The van der Waals surface area contributed by atoms with Crippen molar-refractivity contribution in [2.45, 2.75) is 40.2 Å². The Hall–Kier alpha value is -0.980. The standard InChI is InChI=1S/C14H27NO5/c1-5-20-8-11(10(2)17)6-7-15-13(19)12(18)14(3,4)9-16/h11-12,16,18H,5-9H2,1-4H3,(H,15,19). The minimum atomic E-state index is -1.28. The van der Waals surface area contributed by atoms with Crippen molar-refractivity contribution in [3.05, 3.63) is 0 Å². The van der Waals surface area contributed by atoms with E-state index in [1.807, 2.05) is 6.92 Å². The Morgan fingerprint density at radius 2 is 1.95 bits per heavy atom. The molecule has 0 rings (SSSR count). The summed E-state index contributed by atoms with van der Waals surface area (Å²) in [5.74, 6) is -0.773. The largest absolute Gasteiger partial charge is 0.396 e. The van der Waals surface area contributed by atoms with Crippen LogP contribution in [0.4, 0.5) is 0 Å². The number of hydrogen-bond acceptors (Lipinski definition) is 5. The van der Waals surface area contributed by atoms with Crippen LogP contribution in [0.25, 0.3) is 0 Å². The first kappa shape index (κ1) is 19.0. The van der Waals surface area contributed by atoms with Crippen LogP contribution < -0.4 is 5.32 Å². The highest BCUT2D eigenvalue weighted by Gasteiger charge is 2.32. The predicted molar refractivity (Wildman–Crippen MR) is 75.2 cm³/mol. The van der Waals surface area contributed by atoms with Gasteiger partial charge in [-0.25, -0.2) is 0 Å². The van der Waals surface area contributed by atoms with Gasteiger partial charge >= 0.3 is 0 Å². The predicted octanol–water partition coefficient (Wildman–Crippen LogP) is 0.114. The summed E-state index contributed by atoms with van der Waals surface area (Å²) in [5, 5.41) is 21.5. The summed E-state index contributed by atoms with van der Waals surface area (Å²) in [6.07, 6.45) is -0.817. The van der Waals surface area contributed by atoms with Gasteiger partial charge in [0.15, 0.2) is 0 Å². The van der Waals surface area contributed by atoms with Crippen molar-refractivity contribution < 1.29 is 24.5 Å². The van der Waals surface area contributed by atoms with Gasteiger partial charge in [-0.1, -0.05) is 13.8 Å². The molecule has 2 atom stereocenters. The smallest absolute Gasteiger partial charge is 0.249 e. The highest BCUT2D eigenvalue weighted by molar-refractivity contribution is 5.81. The minimum Gasteiger partial charge on any atom is -0.396 e. The van der Waals surface area contributed by atoms with Crippen LogP contribution in [0, 0.1) is 11.3 Å². The van der Waals surface area contributed by atoms with Crippen LogP contribution >= 0.6 is 0 Å². The summed E-state index contributed by atoms with van der Waals surface area (Å²) >= 11 is 0. The second-order valence-electron chi connectivity index (χ2n) is 5.60. The van der Waals surface area contributed by atoms with Crippen LogP contribution in [0.1, 0.15) is 34.1 Å². The van der Waals surface area contributed by atoms with Gasteiger partial charge in [0, 0.05) is 24.5 Å². The van der Waals surface area contributed by atoms with E-state index >= 15 is 0 Å². The number of aliphatic hydroxyl groups is 2. The average Bonchev–Trinajstić information content (AvgIpc) is 2.40. The molecule has 0 aromatic heterocycles. The Labute approximate surface area is 120 Å². The fourth-order valence-corrected chi connectivity index (χ4v) is 1.57. The second kappa shape index (κ2) is 9.05. The third-order valence-corrected chi connectivity index (χ3v) is 3.29. The van der Waals surface area contributed by atoms with E-state index in [1.165, 1.54) is 6.92 Å². The van der Waals surface area contributed by atoms with E-state index in [9.17, 15) is 14.7 Å². The lowest BCUT2D eigenvalue weighted by Crippen LogP contribution is -2.46. The first-order valence-corrected chi connectivity index (χ1v) is 6.91. The third kappa shape index (κ3) is 6.45. The molecule has 0 saturated heterocycles. The fourth-order valence-electron chi connectivity index (χ4n) is 1.57. The topological polar surface area (TPSA) is 95.9 Å². The van der Waals surface area contributed by atoms with Crippen LogP contribution in [0.15, 0.2) is 0 Å². The first-order chi connectivity index (χ1) is 9.26. The summed E-state index contributed by atoms with van der Waals surface area (Å²) < 4.78 is 5.22. The molecule has 0 bridgehead atoms. The van der Waals surface area contributed by atoms with Gasteiger partial charge < -0.3 is 20.3 Å². The molecular formula is C14H27NO5. The number of Topliss-reactive ketones (excluding diaryl/α,β-unsaturated/α-hetero) is 1. The van der Waals surface area contributed by atoms with Gasteiger partial charge in [0.1, 0.15) is 11.9 Å². The number of ether oxygens (including phenoxy) is 1. The Balaban J connectivity index is 4.21. The first-order valence-electron chi connectivity index (χ1n) is 6.91. The molecule has 2 unspecified atom stereocenters. The van der Waals surface area contributed by atoms with Crippen molar-refractivity contribution >= 4 is 11.7 Å². The summed E-state index contributed by atoms with van der Waals surface area (Å²) in [7, 11) is 0. The molecule has 118 valence electrons. The molecule has 0 aromatic carbocycles. The molecule has 3 N–H and O–H groups in total. The molecule has 0 heterocycles. The number of ketones is 1. The molecule has 0 aromatic rings. The highest BCUT2D eigenvalue weighted by Crippen LogP contribution is 2.19. The van der Waals surface area contributed by atoms with Crippen molar-refractivity contribution in [3.8, 4) is 0 Å². The maximum atomic E-state index is 11.7. The highest BCUT2D eigenvalue weighted by atomic mass is 16.5. The molecule has 6 nitrogen and oxygen atoms in total. The van der Waals surface area contributed by atoms with Crippen molar-refractivity contribution in [2.75, 3.05) is 26.4 Å². The van der Waals surface area contributed by atoms with Gasteiger partial charge in [0.05, 0.1) is 13.2 Å². The number of hydrogen-bond donors (Lipinski definition) is 3. The molecule has 0 aliphatic carbocycles. The lowest BCUT2D eigenvalue weighted by molar-refractivity contribution is -0.137. The zero-order chi connectivity index (χ0) is 15.8. The molecule has 6 heteroatoms. The normalized spacial score (nSPS) is 14.7. The minimum absolute atomic E-state index is 0.0175. The van der Waals surface area contributed by atoms with E-state index < -0.39 is 17.4 Å². The maximum Gasteiger partial charge on any atom is 0.249 e. The van der Waals surface area contributed by atoms with Crippen LogP contribution in [-0.2, 0) is 14.3 Å². The number of rotatable bonds is 10. The summed E-state index contributed by atoms with van der Waals surface area (Å²) in [6.45, 7) is 7.43. The zero-order valence-corrected chi connectivity index (χ0v) is 12.8. The molecule has 0 radical (unpaired) electrons.